The smallest absolute Gasteiger partial charge is 0.0783 e. The van der Waals surface area contributed by atoms with Crippen LogP contribution in [0, 0.1) is 0 Å². The van der Waals surface area contributed by atoms with Gasteiger partial charge in [-0.05, 0) is 96.5 Å². The fraction of sp³-hybridized carbons (Fsp3) is 0.0741. The van der Waals surface area contributed by atoms with E-state index in [1.807, 2.05) is 0 Å². The van der Waals surface area contributed by atoms with Gasteiger partial charge in [-0.15, -0.1) is 0 Å². The topological polar surface area (TPSA) is 14.8 Å². The average Bonchev–Trinajstić information content (AvgIpc) is 3.93. The SMILES string of the molecule is C1=C(c2ccc(-c3cccc(-n4c5ccccc5c5cccc(-n6c7ccccc7c7cccc(-n8c9ccccc9c9ccccc98)c76)c54)c3)cc2)CCCC1. The molecular weight excluding hydrogens is 691 g/mol. The highest BCUT2D eigenvalue weighted by atomic mass is 15.1. The molecule has 12 rings (SSSR count). The van der Waals surface area contributed by atoms with E-state index in [0.717, 1.165) is 17.1 Å². The van der Waals surface area contributed by atoms with Crippen molar-refractivity contribution in [2.45, 2.75) is 25.7 Å². The molecule has 11 aromatic rings. The van der Waals surface area contributed by atoms with E-state index in [1.54, 1.807) is 0 Å². The summed E-state index contributed by atoms with van der Waals surface area (Å²) in [6.45, 7) is 0. The van der Waals surface area contributed by atoms with Gasteiger partial charge in [0.2, 0.25) is 0 Å². The zero-order valence-electron chi connectivity index (χ0n) is 31.6. The average molecular weight is 730 g/mol. The van der Waals surface area contributed by atoms with Crippen molar-refractivity contribution in [2.75, 3.05) is 0 Å². The van der Waals surface area contributed by atoms with Gasteiger partial charge in [0.05, 0.1) is 44.5 Å². The van der Waals surface area contributed by atoms with Gasteiger partial charge in [0, 0.05) is 38.0 Å². The van der Waals surface area contributed by atoms with E-state index in [4.69, 9.17) is 0 Å². The van der Waals surface area contributed by atoms with Crippen molar-refractivity contribution < 1.29 is 0 Å². The van der Waals surface area contributed by atoms with Gasteiger partial charge in [0.1, 0.15) is 0 Å². The minimum absolute atomic E-state index is 1.15. The maximum Gasteiger partial charge on any atom is 0.0783 e. The first-order valence-corrected chi connectivity index (χ1v) is 20.3. The minimum atomic E-state index is 1.15. The Kier molecular flexibility index (Phi) is 7.18. The quantitative estimate of drug-likeness (QED) is 0.168. The third-order valence-electron chi connectivity index (χ3n) is 12.4. The van der Waals surface area contributed by atoms with Gasteiger partial charge in [-0.25, -0.2) is 0 Å². The maximum atomic E-state index is 2.53. The molecule has 0 spiro atoms. The summed E-state index contributed by atoms with van der Waals surface area (Å²) in [5.41, 5.74) is 15.9. The lowest BCUT2D eigenvalue weighted by Gasteiger charge is -2.17. The van der Waals surface area contributed by atoms with Crippen molar-refractivity contribution in [2.24, 2.45) is 0 Å². The molecule has 0 saturated heterocycles. The molecule has 0 N–H and O–H groups in total. The van der Waals surface area contributed by atoms with E-state index in [2.05, 4.69) is 202 Å². The Morgan fingerprint density at radius 1 is 0.333 bits per heavy atom. The number of fused-ring (bicyclic) bond motifs is 9. The van der Waals surface area contributed by atoms with Crippen molar-refractivity contribution in [3.8, 4) is 28.2 Å². The highest BCUT2D eigenvalue weighted by molar-refractivity contribution is 6.17. The highest BCUT2D eigenvalue weighted by Gasteiger charge is 2.23. The monoisotopic (exact) mass is 729 g/mol. The van der Waals surface area contributed by atoms with Crippen LogP contribution in [0.15, 0.2) is 188 Å². The maximum absolute atomic E-state index is 2.53. The van der Waals surface area contributed by atoms with Crippen molar-refractivity contribution in [1.29, 1.82) is 0 Å². The molecule has 3 aromatic heterocycles. The van der Waals surface area contributed by atoms with E-state index in [9.17, 15) is 0 Å². The van der Waals surface area contributed by atoms with Gasteiger partial charge in [0.15, 0.2) is 0 Å². The Bertz CT molecular complexity index is 3350. The third-order valence-corrected chi connectivity index (χ3v) is 12.4. The molecule has 0 amide bonds. The van der Waals surface area contributed by atoms with E-state index >= 15 is 0 Å². The molecule has 1 aliphatic carbocycles. The number of aromatic nitrogens is 3. The zero-order chi connectivity index (χ0) is 37.5. The van der Waals surface area contributed by atoms with Gasteiger partial charge in [-0.2, -0.15) is 0 Å². The number of rotatable bonds is 5. The molecule has 0 bridgehead atoms. The lowest BCUT2D eigenvalue weighted by Crippen LogP contribution is -2.03. The molecule has 0 radical (unpaired) electrons. The first-order valence-electron chi connectivity index (χ1n) is 20.3. The summed E-state index contributed by atoms with van der Waals surface area (Å²) in [6, 6.07) is 67.4. The van der Waals surface area contributed by atoms with Gasteiger partial charge in [0.25, 0.3) is 0 Å². The summed E-state index contributed by atoms with van der Waals surface area (Å²) >= 11 is 0. The summed E-state index contributed by atoms with van der Waals surface area (Å²) in [6.07, 6.45) is 7.39. The standard InChI is InChI=1S/C54H39N3/c1-2-15-36(16-3-1)37-31-33-38(34-32-37)39-17-12-18-40(35-39)55-47-25-8-6-21-43(47)45-23-14-30-52(53(45)55)57-50-28-11-7-22-44(50)46-24-13-29-51(54(46)57)56-48-26-9-4-19-41(48)42-20-5-10-27-49(42)56/h4-15,17-35H,1-3,16H2. The van der Waals surface area contributed by atoms with Crippen LogP contribution < -0.4 is 0 Å². The Morgan fingerprint density at radius 3 is 1.40 bits per heavy atom. The van der Waals surface area contributed by atoms with E-state index in [-0.39, 0.29) is 0 Å². The molecule has 1 aliphatic rings. The predicted octanol–water partition coefficient (Wildman–Crippen LogP) is 14.6. The van der Waals surface area contributed by atoms with Crippen LogP contribution in [-0.2, 0) is 0 Å². The Labute approximate surface area is 331 Å². The Hall–Kier alpha value is -7.10. The molecule has 0 fully saturated rings. The second-order valence-electron chi connectivity index (χ2n) is 15.5. The molecule has 0 unspecified atom stereocenters. The van der Waals surface area contributed by atoms with Crippen LogP contribution >= 0.6 is 0 Å². The molecular formula is C54H39N3. The first-order chi connectivity index (χ1) is 28.3. The van der Waals surface area contributed by atoms with E-state index in [0.29, 0.717) is 0 Å². The summed E-state index contributed by atoms with van der Waals surface area (Å²) in [7, 11) is 0. The lowest BCUT2D eigenvalue weighted by molar-refractivity contribution is 0.742. The van der Waals surface area contributed by atoms with E-state index in [1.165, 1.54) is 113 Å². The van der Waals surface area contributed by atoms with Gasteiger partial charge < -0.3 is 13.7 Å². The molecule has 8 aromatic carbocycles. The van der Waals surface area contributed by atoms with Crippen molar-refractivity contribution in [3.05, 3.63) is 194 Å². The highest BCUT2D eigenvalue weighted by Crippen LogP contribution is 2.43. The zero-order valence-corrected chi connectivity index (χ0v) is 31.6. The van der Waals surface area contributed by atoms with Crippen molar-refractivity contribution in [1.82, 2.24) is 13.7 Å². The van der Waals surface area contributed by atoms with Crippen LogP contribution in [-0.4, -0.2) is 13.7 Å². The summed E-state index contributed by atoms with van der Waals surface area (Å²) in [5, 5.41) is 7.47. The minimum Gasteiger partial charge on any atom is -0.307 e. The van der Waals surface area contributed by atoms with Crippen molar-refractivity contribution in [3.63, 3.8) is 0 Å². The molecule has 57 heavy (non-hydrogen) atoms. The number of hydrogen-bond donors (Lipinski definition) is 0. The van der Waals surface area contributed by atoms with Gasteiger partial charge >= 0.3 is 0 Å². The second kappa shape index (κ2) is 12.7. The van der Waals surface area contributed by atoms with Crippen LogP contribution in [0.2, 0.25) is 0 Å². The van der Waals surface area contributed by atoms with Crippen LogP contribution in [0.4, 0.5) is 0 Å². The van der Waals surface area contributed by atoms with Crippen LogP contribution in [0.3, 0.4) is 0 Å². The Balaban J connectivity index is 1.14. The first kappa shape index (κ1) is 32.2. The van der Waals surface area contributed by atoms with Crippen LogP contribution in [0.1, 0.15) is 31.2 Å². The molecule has 3 nitrogen and oxygen atoms in total. The van der Waals surface area contributed by atoms with Crippen molar-refractivity contribution >= 4 is 71.0 Å². The van der Waals surface area contributed by atoms with Gasteiger partial charge in [-0.3, -0.25) is 0 Å². The molecule has 3 heteroatoms. The van der Waals surface area contributed by atoms with Crippen LogP contribution in [0.5, 0.6) is 0 Å². The molecule has 0 atom stereocenters. The predicted molar refractivity (Wildman–Crippen MR) is 241 cm³/mol. The van der Waals surface area contributed by atoms with Gasteiger partial charge in [-0.1, -0.05) is 140 Å². The van der Waals surface area contributed by atoms with E-state index < -0.39 is 0 Å². The molecule has 270 valence electrons. The molecule has 0 saturated carbocycles. The number of allylic oxidation sites excluding steroid dienone is 2. The third kappa shape index (κ3) is 4.85. The largest absolute Gasteiger partial charge is 0.307 e. The Morgan fingerprint density at radius 2 is 0.807 bits per heavy atom. The fourth-order valence-electron chi connectivity index (χ4n) is 9.86. The number of nitrogens with zero attached hydrogens (tertiary/aromatic N) is 3. The molecule has 3 heterocycles. The second-order valence-corrected chi connectivity index (χ2v) is 15.5. The molecule has 0 aliphatic heterocycles. The number of para-hydroxylation sites is 6. The number of benzene rings is 8. The number of hydrogen-bond acceptors (Lipinski definition) is 0. The summed E-state index contributed by atoms with van der Waals surface area (Å²) in [5.74, 6) is 0. The fourth-order valence-corrected chi connectivity index (χ4v) is 9.86. The normalized spacial score (nSPS) is 13.4. The summed E-state index contributed by atoms with van der Waals surface area (Å²) in [4.78, 5) is 0. The van der Waals surface area contributed by atoms with Crippen LogP contribution in [0.25, 0.3) is 99.2 Å². The lowest BCUT2D eigenvalue weighted by atomic mass is 9.92. The summed E-state index contributed by atoms with van der Waals surface area (Å²) < 4.78 is 7.50.